The summed E-state index contributed by atoms with van der Waals surface area (Å²) in [6.45, 7) is 7.56. The van der Waals surface area contributed by atoms with Crippen LogP contribution < -0.4 is 0 Å². The maximum absolute atomic E-state index is 10.2. The van der Waals surface area contributed by atoms with Crippen molar-refractivity contribution in [2.45, 2.75) is 53.4 Å². The molecule has 0 unspecified atom stereocenters. The molecule has 4 aromatic heterocycles. The first kappa shape index (κ1) is 37.2. The van der Waals surface area contributed by atoms with Crippen LogP contribution in [-0.4, -0.2) is 42.1 Å². The van der Waals surface area contributed by atoms with Crippen LogP contribution in [-0.2, 0) is 29.1 Å². The van der Waals surface area contributed by atoms with E-state index >= 15 is 0 Å². The predicted octanol–water partition coefficient (Wildman–Crippen LogP) is 7.30. The largest absolute Gasteiger partial charge is 0.481 e. The fraction of sp³-hybridized carbons (Fsp3) is 0.312. The van der Waals surface area contributed by atoms with Gasteiger partial charge in [-0.3, -0.25) is 29.5 Å². The van der Waals surface area contributed by atoms with Crippen molar-refractivity contribution >= 4 is 11.9 Å². The number of hydrogen-bond donors (Lipinski definition) is 2. The Morgan fingerprint density at radius 1 is 0.512 bits per heavy atom. The van der Waals surface area contributed by atoms with Gasteiger partial charge >= 0.3 is 11.9 Å². The van der Waals surface area contributed by atoms with Crippen LogP contribution in [0.3, 0.4) is 0 Å². The third kappa shape index (κ3) is 15.5. The van der Waals surface area contributed by atoms with Gasteiger partial charge in [-0.25, -0.2) is 0 Å². The summed E-state index contributed by atoms with van der Waals surface area (Å²) in [6.07, 6.45) is 10.0. The summed E-state index contributed by atoms with van der Waals surface area (Å²) in [5.74, 6) is -1.60. The normalized spacial score (nSPS) is 9.51. The number of carbonyl (C=O) groups is 2. The average Bonchev–Trinajstić information content (AvgIpc) is 3.01. The molecule has 0 bridgehead atoms. The Labute approximate surface area is 256 Å². The molecule has 0 aliphatic carbocycles. The van der Waals surface area contributed by atoms with E-state index in [9.17, 15) is 9.59 Å². The summed E-state index contributed by atoms with van der Waals surface area (Å²) >= 11 is 0. The van der Waals surface area contributed by atoms with Gasteiger partial charge in [-0.2, -0.15) is 0 Å². The van der Waals surface area contributed by atoms with E-state index in [1.807, 2.05) is 100 Å². The second-order valence-corrected chi connectivity index (χ2v) is 8.56. The molecule has 2 N–H and O–H groups in total. The Hall–Kier alpha value is -3.84. The van der Waals surface area contributed by atoms with E-state index < -0.39 is 11.9 Å². The summed E-state index contributed by atoms with van der Waals surface area (Å²) in [6, 6.07) is 23.2. The van der Waals surface area contributed by atoms with Crippen LogP contribution in [0, 0.1) is 11.8 Å². The molecule has 8 nitrogen and oxygen atoms in total. The van der Waals surface area contributed by atoms with Crippen molar-refractivity contribution in [2.24, 2.45) is 11.8 Å². The molecule has 0 aromatic carbocycles. The minimum atomic E-state index is -0.671. The van der Waals surface area contributed by atoms with Crippen molar-refractivity contribution in [1.29, 1.82) is 0 Å². The van der Waals surface area contributed by atoms with E-state index in [4.69, 9.17) is 10.2 Å². The molecule has 4 heterocycles. The van der Waals surface area contributed by atoms with E-state index in [-0.39, 0.29) is 31.3 Å². The Morgan fingerprint density at radius 3 is 0.829 bits per heavy atom. The zero-order chi connectivity index (χ0) is 29.6. The van der Waals surface area contributed by atoms with Crippen LogP contribution in [0.1, 0.15) is 53.4 Å². The van der Waals surface area contributed by atoms with Crippen molar-refractivity contribution in [3.63, 3.8) is 0 Å². The molecule has 0 atom stereocenters. The van der Waals surface area contributed by atoms with Gasteiger partial charge < -0.3 is 10.2 Å². The quantitative estimate of drug-likeness (QED) is 0.199. The van der Waals surface area contributed by atoms with Gasteiger partial charge in [0, 0.05) is 44.3 Å². The van der Waals surface area contributed by atoms with Crippen molar-refractivity contribution in [1.82, 2.24) is 19.9 Å². The number of rotatable bonds is 8. The molecule has 0 radical (unpaired) electrons. The van der Waals surface area contributed by atoms with Gasteiger partial charge in [0.1, 0.15) is 0 Å². The van der Waals surface area contributed by atoms with Gasteiger partial charge in [0.2, 0.25) is 0 Å². The maximum Gasteiger partial charge on any atom is 0.306 e. The molecular weight excluding hydrogens is 570 g/mol. The molecule has 0 amide bonds. The topological polar surface area (TPSA) is 126 Å². The third-order valence-corrected chi connectivity index (χ3v) is 5.85. The first-order chi connectivity index (χ1) is 19.4. The summed E-state index contributed by atoms with van der Waals surface area (Å²) in [4.78, 5) is 37.1. The molecule has 0 aliphatic rings. The molecule has 0 saturated carbocycles. The van der Waals surface area contributed by atoms with Gasteiger partial charge in [-0.05, 0) is 74.2 Å². The van der Waals surface area contributed by atoms with Crippen molar-refractivity contribution in [2.75, 3.05) is 0 Å². The number of pyridine rings is 4. The first-order valence-corrected chi connectivity index (χ1v) is 13.5. The molecule has 41 heavy (non-hydrogen) atoms. The summed E-state index contributed by atoms with van der Waals surface area (Å²) in [5.41, 5.74) is 3.66. The van der Waals surface area contributed by atoms with E-state index in [1.165, 1.54) is 0 Å². The zero-order valence-corrected chi connectivity index (χ0v) is 27.4. The number of aromatic nitrogens is 4. The number of nitrogens with zero attached hydrogens (tertiary/aromatic N) is 4. The second-order valence-electron chi connectivity index (χ2n) is 8.56. The number of carboxylic acids is 2. The average molecular weight is 610 g/mol. The van der Waals surface area contributed by atoms with E-state index in [0.29, 0.717) is 0 Å². The van der Waals surface area contributed by atoms with Crippen LogP contribution in [0.2, 0.25) is 0 Å². The number of aliphatic carboxylic acids is 2. The third-order valence-electron chi connectivity index (χ3n) is 5.85. The maximum atomic E-state index is 10.2. The summed E-state index contributed by atoms with van der Waals surface area (Å²) < 4.78 is 0. The van der Waals surface area contributed by atoms with E-state index in [0.717, 1.165) is 48.5 Å². The molecule has 0 fully saturated rings. The predicted molar refractivity (Wildman–Crippen MR) is 158 cm³/mol. The summed E-state index contributed by atoms with van der Waals surface area (Å²) in [7, 11) is 0. The van der Waals surface area contributed by atoms with Gasteiger partial charge in [0.25, 0.3) is 0 Å². The van der Waals surface area contributed by atoms with Crippen molar-refractivity contribution in [3.05, 3.63) is 97.6 Å². The monoisotopic (exact) mass is 608 g/mol. The van der Waals surface area contributed by atoms with Gasteiger partial charge in [-0.15, -0.1) is 0 Å². The Balaban J connectivity index is 0.000000528. The standard InChI is InChI=1S/2C10H8N2.2C6H12O2.Zn/c2*1-3-7-11-9(5-1)10-6-2-4-8-12-10;2*1-3-5(4-2)6(7)8;/h2*1-8H;2*5H,3-4H2,1-2H3,(H,7,8);. The number of carboxylic acid groups (broad SMARTS) is 2. The fourth-order valence-corrected chi connectivity index (χ4v) is 3.33. The van der Waals surface area contributed by atoms with Gasteiger partial charge in [0.15, 0.2) is 0 Å². The van der Waals surface area contributed by atoms with Crippen LogP contribution in [0.25, 0.3) is 22.8 Å². The smallest absolute Gasteiger partial charge is 0.306 e. The van der Waals surface area contributed by atoms with Crippen molar-refractivity contribution in [3.8, 4) is 22.8 Å². The number of hydrogen-bond acceptors (Lipinski definition) is 6. The van der Waals surface area contributed by atoms with Gasteiger partial charge in [0.05, 0.1) is 34.6 Å². The first-order valence-electron chi connectivity index (χ1n) is 13.5. The van der Waals surface area contributed by atoms with E-state index in [1.54, 1.807) is 24.8 Å². The fourth-order valence-electron chi connectivity index (χ4n) is 3.33. The second kappa shape index (κ2) is 22.9. The molecular formula is C32H40N4O4Zn. The molecule has 0 spiro atoms. The molecule has 214 valence electrons. The SMILES string of the molecule is CCC(CC)C(=O)O.CCC(CC)C(=O)O.[Zn].c1ccc(-c2ccccn2)nc1.c1ccc(-c2ccccn2)nc1. The van der Waals surface area contributed by atoms with Crippen LogP contribution >= 0.6 is 0 Å². The molecule has 0 saturated heterocycles. The summed E-state index contributed by atoms with van der Waals surface area (Å²) in [5, 5.41) is 16.7. The molecule has 4 aromatic rings. The van der Waals surface area contributed by atoms with Crippen LogP contribution in [0.4, 0.5) is 0 Å². The molecule has 0 aliphatic heterocycles. The van der Waals surface area contributed by atoms with Crippen LogP contribution in [0.15, 0.2) is 97.6 Å². The Kier molecular flexibility index (Phi) is 20.8. The molecule has 9 heteroatoms. The Morgan fingerprint density at radius 2 is 0.732 bits per heavy atom. The minimum absolute atomic E-state index is 0. The zero-order valence-electron chi connectivity index (χ0n) is 24.4. The minimum Gasteiger partial charge on any atom is -0.481 e. The van der Waals surface area contributed by atoms with E-state index in [2.05, 4.69) is 19.9 Å². The Bertz CT molecular complexity index is 1020. The van der Waals surface area contributed by atoms with Crippen LogP contribution in [0.5, 0.6) is 0 Å². The molecule has 4 rings (SSSR count). The van der Waals surface area contributed by atoms with Crippen molar-refractivity contribution < 1.29 is 39.3 Å². The van der Waals surface area contributed by atoms with Gasteiger partial charge in [-0.1, -0.05) is 52.0 Å².